The maximum absolute atomic E-state index is 10.9. The molecule has 0 saturated heterocycles. The molecule has 1 atom stereocenters. The number of ketones is 1. The van der Waals surface area contributed by atoms with Crippen LogP contribution in [0.15, 0.2) is 24.3 Å². The van der Waals surface area contributed by atoms with Crippen LogP contribution < -0.4 is 4.74 Å². The van der Waals surface area contributed by atoms with Gasteiger partial charge in [-0.15, -0.1) is 0 Å². The number of carbonyl (C=O) groups is 1. The maximum Gasteiger partial charge on any atom is 0.169 e. The van der Waals surface area contributed by atoms with Gasteiger partial charge in [0.15, 0.2) is 11.9 Å². The molecule has 1 rings (SSSR count). The summed E-state index contributed by atoms with van der Waals surface area (Å²) in [5.74, 6) is 0.786. The lowest BCUT2D eigenvalue weighted by molar-refractivity contribution is -0.122. The second-order valence-electron chi connectivity index (χ2n) is 3.18. The van der Waals surface area contributed by atoms with Gasteiger partial charge in [-0.25, -0.2) is 0 Å². The maximum atomic E-state index is 10.9. The number of hydrogen-bond acceptors (Lipinski definition) is 2. The molecule has 13 heavy (non-hydrogen) atoms. The fourth-order valence-electron chi connectivity index (χ4n) is 0.904. The second kappa shape index (κ2) is 4.08. The number of rotatable bonds is 3. The molecule has 2 heteroatoms. The van der Waals surface area contributed by atoms with E-state index in [2.05, 4.69) is 0 Å². The summed E-state index contributed by atoms with van der Waals surface area (Å²) in [5.41, 5.74) is 1.18. The van der Waals surface area contributed by atoms with Gasteiger partial charge in [0, 0.05) is 0 Å². The Hall–Kier alpha value is -1.31. The highest BCUT2D eigenvalue weighted by atomic mass is 16.5. The van der Waals surface area contributed by atoms with Crippen molar-refractivity contribution in [1.29, 1.82) is 0 Å². The molecule has 0 unspecified atom stereocenters. The first-order valence-corrected chi connectivity index (χ1v) is 4.33. The van der Waals surface area contributed by atoms with Crippen LogP contribution in [-0.2, 0) is 4.79 Å². The van der Waals surface area contributed by atoms with Gasteiger partial charge in [-0.05, 0) is 32.9 Å². The Morgan fingerprint density at radius 2 is 1.85 bits per heavy atom. The molecule has 0 amide bonds. The zero-order chi connectivity index (χ0) is 9.84. The number of benzene rings is 1. The Labute approximate surface area is 78.5 Å². The Balaban J connectivity index is 2.64. The standard InChI is InChI=1S/C11H14O2/c1-8-4-6-11(7-5-8)13-10(3)9(2)12/h4-7,10H,1-3H3/t10-/m1/s1. The molecule has 1 aromatic rings. The molecule has 0 N–H and O–H groups in total. The fraction of sp³-hybridized carbons (Fsp3) is 0.364. The van der Waals surface area contributed by atoms with Crippen molar-refractivity contribution in [2.45, 2.75) is 26.9 Å². The van der Waals surface area contributed by atoms with E-state index < -0.39 is 0 Å². The van der Waals surface area contributed by atoms with E-state index in [-0.39, 0.29) is 11.9 Å². The van der Waals surface area contributed by atoms with Gasteiger partial charge in [-0.3, -0.25) is 4.79 Å². The van der Waals surface area contributed by atoms with Gasteiger partial charge in [0.05, 0.1) is 0 Å². The summed E-state index contributed by atoms with van der Waals surface area (Å²) in [5, 5.41) is 0. The first kappa shape index (κ1) is 9.78. The Kier molecular flexibility index (Phi) is 3.07. The predicted octanol–water partition coefficient (Wildman–Crippen LogP) is 2.35. The van der Waals surface area contributed by atoms with E-state index in [1.165, 1.54) is 12.5 Å². The summed E-state index contributed by atoms with van der Waals surface area (Å²) in [6, 6.07) is 7.66. The number of Topliss-reactive ketones (excluding diaryl/α,β-unsaturated/α-hetero) is 1. The number of hydrogen-bond donors (Lipinski definition) is 0. The van der Waals surface area contributed by atoms with Crippen molar-refractivity contribution in [3.05, 3.63) is 29.8 Å². The van der Waals surface area contributed by atoms with E-state index in [0.717, 1.165) is 5.75 Å². The number of aryl methyl sites for hydroxylation is 1. The van der Waals surface area contributed by atoms with E-state index in [1.54, 1.807) is 6.92 Å². The summed E-state index contributed by atoms with van der Waals surface area (Å²) >= 11 is 0. The third kappa shape index (κ3) is 2.90. The molecule has 0 spiro atoms. The average molecular weight is 178 g/mol. The average Bonchev–Trinajstić information content (AvgIpc) is 2.08. The molecule has 0 bridgehead atoms. The van der Waals surface area contributed by atoms with Crippen LogP contribution in [0.2, 0.25) is 0 Å². The summed E-state index contributed by atoms with van der Waals surface area (Å²) in [7, 11) is 0. The van der Waals surface area contributed by atoms with Gasteiger partial charge in [0.2, 0.25) is 0 Å². The highest BCUT2D eigenvalue weighted by Gasteiger charge is 2.07. The van der Waals surface area contributed by atoms with Crippen LogP contribution in [-0.4, -0.2) is 11.9 Å². The number of carbonyl (C=O) groups excluding carboxylic acids is 1. The van der Waals surface area contributed by atoms with Crippen LogP contribution in [0, 0.1) is 6.92 Å². The highest BCUT2D eigenvalue weighted by molar-refractivity contribution is 5.80. The van der Waals surface area contributed by atoms with Crippen molar-refractivity contribution in [2.75, 3.05) is 0 Å². The monoisotopic (exact) mass is 178 g/mol. The smallest absolute Gasteiger partial charge is 0.169 e. The van der Waals surface area contributed by atoms with E-state index >= 15 is 0 Å². The second-order valence-corrected chi connectivity index (χ2v) is 3.18. The minimum atomic E-state index is -0.359. The largest absolute Gasteiger partial charge is 0.483 e. The minimum absolute atomic E-state index is 0.0422. The van der Waals surface area contributed by atoms with Crippen LogP contribution in [0.3, 0.4) is 0 Å². The quantitative estimate of drug-likeness (QED) is 0.710. The van der Waals surface area contributed by atoms with Crippen LogP contribution in [0.1, 0.15) is 19.4 Å². The lowest BCUT2D eigenvalue weighted by Crippen LogP contribution is -2.20. The lowest BCUT2D eigenvalue weighted by Gasteiger charge is -2.11. The normalized spacial score (nSPS) is 12.2. The Morgan fingerprint density at radius 1 is 1.31 bits per heavy atom. The highest BCUT2D eigenvalue weighted by Crippen LogP contribution is 2.13. The molecule has 0 radical (unpaired) electrons. The molecule has 0 aromatic heterocycles. The summed E-state index contributed by atoms with van der Waals surface area (Å²) in [6.45, 7) is 5.29. The van der Waals surface area contributed by atoms with Gasteiger partial charge >= 0.3 is 0 Å². The van der Waals surface area contributed by atoms with Gasteiger partial charge in [0.1, 0.15) is 5.75 Å². The molecule has 0 aliphatic heterocycles. The molecule has 2 nitrogen and oxygen atoms in total. The minimum Gasteiger partial charge on any atom is -0.483 e. The van der Waals surface area contributed by atoms with E-state index in [1.807, 2.05) is 31.2 Å². The predicted molar refractivity (Wildman–Crippen MR) is 52.0 cm³/mol. The first-order chi connectivity index (χ1) is 6.09. The summed E-state index contributed by atoms with van der Waals surface area (Å²) < 4.78 is 5.38. The topological polar surface area (TPSA) is 26.3 Å². The van der Waals surface area contributed by atoms with Crippen LogP contribution in [0.25, 0.3) is 0 Å². The van der Waals surface area contributed by atoms with Crippen LogP contribution in [0.4, 0.5) is 0 Å². The van der Waals surface area contributed by atoms with Gasteiger partial charge in [0.25, 0.3) is 0 Å². The molecular weight excluding hydrogens is 164 g/mol. The molecule has 70 valence electrons. The van der Waals surface area contributed by atoms with Crippen molar-refractivity contribution in [2.24, 2.45) is 0 Å². The molecule has 0 aliphatic carbocycles. The Bertz CT molecular complexity index is 287. The van der Waals surface area contributed by atoms with Crippen molar-refractivity contribution in [3.63, 3.8) is 0 Å². The van der Waals surface area contributed by atoms with Gasteiger partial charge in [-0.1, -0.05) is 17.7 Å². The fourth-order valence-corrected chi connectivity index (χ4v) is 0.904. The number of ether oxygens (including phenoxy) is 1. The van der Waals surface area contributed by atoms with E-state index in [4.69, 9.17) is 4.74 Å². The van der Waals surface area contributed by atoms with Crippen molar-refractivity contribution in [3.8, 4) is 5.75 Å². The van der Waals surface area contributed by atoms with Crippen molar-refractivity contribution < 1.29 is 9.53 Å². The van der Waals surface area contributed by atoms with Gasteiger partial charge in [-0.2, -0.15) is 0 Å². The molecular formula is C11H14O2. The SMILES string of the molecule is CC(=O)[C@@H](C)Oc1ccc(C)cc1. The molecule has 0 saturated carbocycles. The first-order valence-electron chi connectivity index (χ1n) is 4.33. The third-order valence-corrected chi connectivity index (χ3v) is 1.91. The third-order valence-electron chi connectivity index (χ3n) is 1.91. The zero-order valence-corrected chi connectivity index (χ0v) is 8.20. The van der Waals surface area contributed by atoms with Crippen LogP contribution >= 0.6 is 0 Å². The Morgan fingerprint density at radius 3 is 2.31 bits per heavy atom. The van der Waals surface area contributed by atoms with Crippen LogP contribution in [0.5, 0.6) is 5.75 Å². The van der Waals surface area contributed by atoms with Gasteiger partial charge < -0.3 is 4.74 Å². The molecule has 1 aromatic carbocycles. The summed E-state index contributed by atoms with van der Waals surface area (Å²) in [4.78, 5) is 10.9. The molecule has 0 fully saturated rings. The molecule has 0 aliphatic rings. The van der Waals surface area contributed by atoms with E-state index in [9.17, 15) is 4.79 Å². The summed E-state index contributed by atoms with van der Waals surface area (Å²) in [6.07, 6.45) is -0.359. The van der Waals surface area contributed by atoms with E-state index in [0.29, 0.717) is 0 Å². The van der Waals surface area contributed by atoms with Crippen molar-refractivity contribution >= 4 is 5.78 Å². The zero-order valence-electron chi connectivity index (χ0n) is 8.20. The lowest BCUT2D eigenvalue weighted by atomic mass is 10.2. The van der Waals surface area contributed by atoms with Crippen molar-refractivity contribution in [1.82, 2.24) is 0 Å². The molecule has 0 heterocycles.